The number of hydrogen-bond donors (Lipinski definition) is 1. The topological polar surface area (TPSA) is 66.6 Å². The van der Waals surface area contributed by atoms with E-state index in [4.69, 9.17) is 5.73 Å². The van der Waals surface area contributed by atoms with Crippen LogP contribution in [0, 0.1) is 11.8 Å². The number of likely N-dealkylation sites (tertiary alicyclic amines) is 2. The van der Waals surface area contributed by atoms with E-state index in [2.05, 4.69) is 6.92 Å². The first kappa shape index (κ1) is 18.2. The van der Waals surface area contributed by atoms with Crippen LogP contribution in [0.2, 0.25) is 0 Å². The third-order valence-corrected chi connectivity index (χ3v) is 4.56. The van der Waals surface area contributed by atoms with Crippen molar-refractivity contribution in [3.8, 4) is 0 Å². The highest BCUT2D eigenvalue weighted by atomic mass is 35.5. The maximum atomic E-state index is 12.6. The zero-order chi connectivity index (χ0) is 15.1. The van der Waals surface area contributed by atoms with Gasteiger partial charge in [-0.05, 0) is 46.6 Å². The van der Waals surface area contributed by atoms with E-state index in [9.17, 15) is 9.59 Å². The smallest absolute Gasteiger partial charge is 0.228 e. The Hall–Kier alpha value is -0.810. The molecule has 0 spiro atoms. The van der Waals surface area contributed by atoms with Gasteiger partial charge in [-0.1, -0.05) is 0 Å². The molecule has 0 aromatic rings. The first-order chi connectivity index (χ1) is 9.24. The van der Waals surface area contributed by atoms with Crippen molar-refractivity contribution in [2.24, 2.45) is 17.6 Å². The van der Waals surface area contributed by atoms with Gasteiger partial charge in [-0.3, -0.25) is 9.59 Å². The third kappa shape index (κ3) is 3.69. The summed E-state index contributed by atoms with van der Waals surface area (Å²) in [4.78, 5) is 28.5. The van der Waals surface area contributed by atoms with Gasteiger partial charge in [-0.15, -0.1) is 12.4 Å². The summed E-state index contributed by atoms with van der Waals surface area (Å²) in [6.07, 6.45) is 1.33. The van der Waals surface area contributed by atoms with Gasteiger partial charge in [0.2, 0.25) is 11.8 Å². The molecule has 3 atom stereocenters. The Balaban J connectivity index is 0.00000220. The Morgan fingerprint density at radius 3 is 2.38 bits per heavy atom. The van der Waals surface area contributed by atoms with Gasteiger partial charge < -0.3 is 15.5 Å². The van der Waals surface area contributed by atoms with Crippen LogP contribution in [0.4, 0.5) is 0 Å². The summed E-state index contributed by atoms with van der Waals surface area (Å²) in [5.41, 5.74) is 5.51. The van der Waals surface area contributed by atoms with Crippen LogP contribution in [0.15, 0.2) is 0 Å². The first-order valence-corrected chi connectivity index (χ1v) is 7.55. The second-order valence-electron chi connectivity index (χ2n) is 7.25. The van der Waals surface area contributed by atoms with Crippen LogP contribution in [0.5, 0.6) is 0 Å². The van der Waals surface area contributed by atoms with E-state index in [1.165, 1.54) is 0 Å². The minimum absolute atomic E-state index is 0. The second kappa shape index (κ2) is 6.53. The molecule has 122 valence electrons. The van der Waals surface area contributed by atoms with Gasteiger partial charge in [0, 0.05) is 31.1 Å². The monoisotopic (exact) mass is 317 g/mol. The van der Waals surface area contributed by atoms with Crippen molar-refractivity contribution in [2.45, 2.75) is 52.1 Å². The molecule has 2 N–H and O–H groups in total. The van der Waals surface area contributed by atoms with Gasteiger partial charge in [0.25, 0.3) is 0 Å². The molecule has 5 nitrogen and oxygen atoms in total. The molecular formula is C15H28ClN3O2. The first-order valence-electron chi connectivity index (χ1n) is 7.55. The molecule has 2 fully saturated rings. The van der Waals surface area contributed by atoms with E-state index in [0.29, 0.717) is 25.4 Å². The molecule has 0 bridgehead atoms. The van der Waals surface area contributed by atoms with Crippen LogP contribution in [-0.2, 0) is 9.59 Å². The van der Waals surface area contributed by atoms with Crippen LogP contribution < -0.4 is 5.73 Å². The highest BCUT2D eigenvalue weighted by Gasteiger charge is 2.43. The van der Waals surface area contributed by atoms with Gasteiger partial charge in [0.1, 0.15) is 0 Å². The quantitative estimate of drug-likeness (QED) is 0.833. The van der Waals surface area contributed by atoms with Crippen molar-refractivity contribution in [1.82, 2.24) is 9.80 Å². The summed E-state index contributed by atoms with van der Waals surface area (Å²) < 4.78 is 0. The molecule has 21 heavy (non-hydrogen) atoms. The lowest BCUT2D eigenvalue weighted by molar-refractivity contribution is -0.136. The number of nitrogens with zero attached hydrogens (tertiary/aromatic N) is 2. The van der Waals surface area contributed by atoms with Gasteiger partial charge in [-0.25, -0.2) is 0 Å². The number of carbonyl (C=O) groups excluding carboxylic acids is 2. The average Bonchev–Trinajstić information content (AvgIpc) is 2.91. The zero-order valence-electron chi connectivity index (χ0n) is 13.5. The highest BCUT2D eigenvalue weighted by molar-refractivity contribution is 5.90. The fourth-order valence-corrected chi connectivity index (χ4v) is 3.38. The van der Waals surface area contributed by atoms with Gasteiger partial charge in [0.15, 0.2) is 0 Å². The van der Waals surface area contributed by atoms with Crippen LogP contribution in [-0.4, -0.2) is 52.8 Å². The Morgan fingerprint density at radius 1 is 1.33 bits per heavy atom. The van der Waals surface area contributed by atoms with Crippen molar-refractivity contribution in [2.75, 3.05) is 19.6 Å². The van der Waals surface area contributed by atoms with Gasteiger partial charge in [0.05, 0.1) is 5.92 Å². The van der Waals surface area contributed by atoms with E-state index in [-0.39, 0.29) is 41.7 Å². The molecule has 3 unspecified atom stereocenters. The predicted octanol–water partition coefficient (Wildman–Crippen LogP) is 1.25. The summed E-state index contributed by atoms with van der Waals surface area (Å²) in [5.74, 6) is 0.456. The molecule has 2 amide bonds. The van der Waals surface area contributed by atoms with E-state index >= 15 is 0 Å². The summed E-state index contributed by atoms with van der Waals surface area (Å²) in [5, 5.41) is 0. The van der Waals surface area contributed by atoms with Crippen LogP contribution in [0.1, 0.15) is 40.5 Å². The van der Waals surface area contributed by atoms with Crippen molar-refractivity contribution < 1.29 is 9.59 Å². The van der Waals surface area contributed by atoms with Crippen molar-refractivity contribution in [3.63, 3.8) is 0 Å². The summed E-state index contributed by atoms with van der Waals surface area (Å²) in [6.45, 7) is 10.0. The molecule has 2 aliphatic rings. The maximum Gasteiger partial charge on any atom is 0.228 e. The molecule has 0 saturated carbocycles. The molecule has 0 radical (unpaired) electrons. The number of halogens is 1. The zero-order valence-corrected chi connectivity index (χ0v) is 14.3. The summed E-state index contributed by atoms with van der Waals surface area (Å²) in [6, 6.07) is 0.245. The number of carbonyl (C=O) groups is 2. The third-order valence-electron chi connectivity index (χ3n) is 4.56. The largest absolute Gasteiger partial charge is 0.339 e. The van der Waals surface area contributed by atoms with Crippen LogP contribution in [0.3, 0.4) is 0 Å². The van der Waals surface area contributed by atoms with Gasteiger partial charge >= 0.3 is 0 Å². The fraction of sp³-hybridized carbons (Fsp3) is 0.867. The Labute approximate surface area is 133 Å². The van der Waals surface area contributed by atoms with E-state index in [1.807, 2.05) is 30.6 Å². The normalized spacial score (nSPS) is 29.8. The molecule has 2 aliphatic heterocycles. The lowest BCUT2D eigenvalue weighted by Gasteiger charge is -2.32. The van der Waals surface area contributed by atoms with Crippen molar-refractivity contribution in [3.05, 3.63) is 0 Å². The lowest BCUT2D eigenvalue weighted by Crippen LogP contribution is -2.44. The molecule has 6 heteroatoms. The van der Waals surface area contributed by atoms with E-state index in [1.54, 1.807) is 0 Å². The van der Waals surface area contributed by atoms with E-state index in [0.717, 1.165) is 13.0 Å². The number of nitrogens with two attached hydrogens (primary N) is 1. The van der Waals surface area contributed by atoms with Crippen LogP contribution in [0.25, 0.3) is 0 Å². The molecule has 0 aromatic carbocycles. The Kier molecular flexibility index (Phi) is 5.67. The lowest BCUT2D eigenvalue weighted by atomic mass is 10.1. The molecule has 2 saturated heterocycles. The number of rotatable bonds is 2. The number of amides is 2. The average molecular weight is 318 g/mol. The Morgan fingerprint density at radius 2 is 1.95 bits per heavy atom. The van der Waals surface area contributed by atoms with Gasteiger partial charge in [-0.2, -0.15) is 0 Å². The van der Waals surface area contributed by atoms with Crippen LogP contribution >= 0.6 is 12.4 Å². The minimum atomic E-state index is -0.206. The summed E-state index contributed by atoms with van der Waals surface area (Å²) >= 11 is 0. The van der Waals surface area contributed by atoms with Crippen molar-refractivity contribution in [1.29, 1.82) is 0 Å². The van der Waals surface area contributed by atoms with E-state index < -0.39 is 0 Å². The highest BCUT2D eigenvalue weighted by Crippen LogP contribution is 2.30. The molecule has 0 aromatic heterocycles. The Bertz CT molecular complexity index is 408. The number of hydrogen-bond acceptors (Lipinski definition) is 3. The predicted molar refractivity (Wildman–Crippen MR) is 85.2 cm³/mol. The molecular weight excluding hydrogens is 290 g/mol. The maximum absolute atomic E-state index is 12.6. The summed E-state index contributed by atoms with van der Waals surface area (Å²) in [7, 11) is 0. The fourth-order valence-electron chi connectivity index (χ4n) is 3.38. The molecule has 2 rings (SSSR count). The SMILES string of the molecule is CC1CC(CN)CN1C(=O)C1CC(=O)N(C(C)(C)C)C1.Cl. The second-order valence-corrected chi connectivity index (χ2v) is 7.25. The minimum Gasteiger partial charge on any atom is -0.339 e. The molecule has 0 aliphatic carbocycles. The van der Waals surface area contributed by atoms with Crippen molar-refractivity contribution >= 4 is 24.2 Å². The molecule has 2 heterocycles. The standard InChI is InChI=1S/C15H27N3O2.ClH/c1-10-5-11(7-16)8-17(10)14(20)12-6-13(19)18(9-12)15(2,3)4;/h10-12H,5-9,16H2,1-4H3;1H.